The van der Waals surface area contributed by atoms with E-state index in [1.165, 1.54) is 23.5 Å². The summed E-state index contributed by atoms with van der Waals surface area (Å²) in [5, 5.41) is 1.77. The number of carbonyl (C=O) groups is 1. The second-order valence-corrected chi connectivity index (χ2v) is 6.44. The number of nitrogens with two attached hydrogens (primary N) is 1. The molecule has 1 atom stereocenters. The maximum absolute atomic E-state index is 11.9. The smallest absolute Gasteiger partial charge is 0.264 e. The molecule has 3 N–H and O–H groups in total. The first-order valence-corrected chi connectivity index (χ1v) is 7.78. The molecule has 0 aliphatic heterocycles. The van der Waals surface area contributed by atoms with Gasteiger partial charge in [-0.25, -0.2) is 13.1 Å². The van der Waals surface area contributed by atoms with Gasteiger partial charge in [0.2, 0.25) is 0 Å². The maximum Gasteiger partial charge on any atom is 0.264 e. The van der Waals surface area contributed by atoms with Crippen molar-refractivity contribution < 1.29 is 13.2 Å². The Morgan fingerprint density at radius 2 is 1.84 bits per heavy atom. The van der Waals surface area contributed by atoms with E-state index in [1.54, 1.807) is 35.7 Å². The van der Waals surface area contributed by atoms with Crippen LogP contribution in [0.15, 0.2) is 52.7 Å². The zero-order valence-corrected chi connectivity index (χ0v) is 11.4. The highest BCUT2D eigenvalue weighted by atomic mass is 32.2. The van der Waals surface area contributed by atoms with Gasteiger partial charge in [0.1, 0.15) is 6.04 Å². The molecule has 1 aromatic carbocycles. The number of carbonyl (C=O) groups excluding carboxylic acids is 1. The van der Waals surface area contributed by atoms with Gasteiger partial charge in [0.15, 0.2) is 0 Å². The van der Waals surface area contributed by atoms with E-state index in [9.17, 15) is 13.2 Å². The van der Waals surface area contributed by atoms with Crippen LogP contribution < -0.4 is 10.5 Å². The van der Waals surface area contributed by atoms with E-state index in [0.29, 0.717) is 4.88 Å². The predicted molar refractivity (Wildman–Crippen MR) is 73.0 cm³/mol. The number of amides is 1. The molecule has 5 nitrogen and oxygen atoms in total. The van der Waals surface area contributed by atoms with Crippen molar-refractivity contribution in [2.75, 3.05) is 0 Å². The zero-order valence-electron chi connectivity index (χ0n) is 9.81. The Kier molecular flexibility index (Phi) is 3.98. The van der Waals surface area contributed by atoms with Crippen LogP contribution in [0.5, 0.6) is 0 Å². The van der Waals surface area contributed by atoms with Crippen LogP contribution in [0.3, 0.4) is 0 Å². The van der Waals surface area contributed by atoms with Crippen LogP contribution in [0.1, 0.15) is 10.9 Å². The number of thiophene rings is 1. The quantitative estimate of drug-likeness (QED) is 0.888. The van der Waals surface area contributed by atoms with E-state index in [1.807, 2.05) is 4.72 Å². The lowest BCUT2D eigenvalue weighted by molar-refractivity contribution is -0.120. The number of benzene rings is 1. The normalized spacial score (nSPS) is 12.9. The number of sulfonamides is 1. The Morgan fingerprint density at radius 3 is 2.42 bits per heavy atom. The van der Waals surface area contributed by atoms with Crippen LogP contribution in [0.2, 0.25) is 0 Å². The highest BCUT2D eigenvalue weighted by molar-refractivity contribution is 7.90. The molecule has 7 heteroatoms. The Labute approximate surface area is 115 Å². The number of nitrogens with one attached hydrogen (secondary N) is 1. The van der Waals surface area contributed by atoms with Crippen LogP contribution in [0.4, 0.5) is 0 Å². The molecule has 0 saturated carbocycles. The fraction of sp³-hybridized carbons (Fsp3) is 0.0833. The molecule has 19 heavy (non-hydrogen) atoms. The number of hydrogen-bond donors (Lipinski definition) is 2. The SMILES string of the molecule is NC(C(=O)NS(=O)(=O)c1ccccc1)c1cccs1. The van der Waals surface area contributed by atoms with Gasteiger partial charge in [0.25, 0.3) is 15.9 Å². The van der Waals surface area contributed by atoms with Crippen LogP contribution in [0, 0.1) is 0 Å². The minimum absolute atomic E-state index is 0.0294. The van der Waals surface area contributed by atoms with E-state index >= 15 is 0 Å². The van der Waals surface area contributed by atoms with E-state index in [0.717, 1.165) is 0 Å². The third-order valence-corrected chi connectivity index (χ3v) is 4.74. The molecule has 1 heterocycles. The fourth-order valence-corrected chi connectivity index (χ4v) is 3.20. The molecule has 0 aliphatic carbocycles. The first-order chi connectivity index (χ1) is 9.00. The lowest BCUT2D eigenvalue weighted by atomic mass is 10.2. The summed E-state index contributed by atoms with van der Waals surface area (Å²) in [6.45, 7) is 0. The van der Waals surface area contributed by atoms with Gasteiger partial charge >= 0.3 is 0 Å². The van der Waals surface area contributed by atoms with Crippen LogP contribution in [-0.2, 0) is 14.8 Å². The molecule has 0 bridgehead atoms. The van der Waals surface area contributed by atoms with Gasteiger partial charge in [-0.3, -0.25) is 4.79 Å². The largest absolute Gasteiger partial charge is 0.315 e. The van der Waals surface area contributed by atoms with Crippen molar-refractivity contribution in [3.05, 3.63) is 52.7 Å². The summed E-state index contributed by atoms with van der Waals surface area (Å²) in [4.78, 5) is 12.5. The minimum Gasteiger partial charge on any atom is -0.315 e. The van der Waals surface area contributed by atoms with Gasteiger partial charge in [-0.15, -0.1) is 11.3 Å². The molecule has 100 valence electrons. The van der Waals surface area contributed by atoms with Crippen molar-refractivity contribution >= 4 is 27.3 Å². The molecule has 1 unspecified atom stereocenters. The summed E-state index contributed by atoms with van der Waals surface area (Å²) in [5.41, 5.74) is 5.70. The van der Waals surface area contributed by atoms with Crippen molar-refractivity contribution in [1.82, 2.24) is 4.72 Å². The van der Waals surface area contributed by atoms with Crippen LogP contribution in [0.25, 0.3) is 0 Å². The van der Waals surface area contributed by atoms with E-state index in [2.05, 4.69) is 0 Å². The summed E-state index contributed by atoms with van der Waals surface area (Å²) in [6, 6.07) is 10.1. The zero-order chi connectivity index (χ0) is 13.9. The van der Waals surface area contributed by atoms with E-state index < -0.39 is 22.0 Å². The molecule has 1 amide bonds. The highest BCUT2D eigenvalue weighted by Gasteiger charge is 2.23. The molecular weight excluding hydrogens is 284 g/mol. The standard InChI is InChI=1S/C12H12N2O3S2/c13-11(10-7-4-8-18-10)12(15)14-19(16,17)9-5-2-1-3-6-9/h1-8,11H,13H2,(H,14,15). The second-order valence-electron chi connectivity index (χ2n) is 3.78. The van der Waals surface area contributed by atoms with Gasteiger partial charge in [-0.2, -0.15) is 0 Å². The predicted octanol–water partition coefficient (Wildman–Crippen LogP) is 1.25. The summed E-state index contributed by atoms with van der Waals surface area (Å²) < 4.78 is 25.8. The van der Waals surface area contributed by atoms with Crippen LogP contribution >= 0.6 is 11.3 Å². The van der Waals surface area contributed by atoms with Gasteiger partial charge < -0.3 is 5.73 Å². The summed E-state index contributed by atoms with van der Waals surface area (Å²) in [7, 11) is -3.87. The summed E-state index contributed by atoms with van der Waals surface area (Å²) >= 11 is 1.30. The topological polar surface area (TPSA) is 89.3 Å². The Morgan fingerprint density at radius 1 is 1.16 bits per heavy atom. The third kappa shape index (κ3) is 3.19. The molecular formula is C12H12N2O3S2. The average Bonchev–Trinajstić information content (AvgIpc) is 2.92. The van der Waals surface area contributed by atoms with Crippen molar-refractivity contribution in [3.8, 4) is 0 Å². The molecule has 2 rings (SSSR count). The lowest BCUT2D eigenvalue weighted by Gasteiger charge is -2.11. The lowest BCUT2D eigenvalue weighted by Crippen LogP contribution is -2.37. The van der Waals surface area contributed by atoms with Gasteiger partial charge in [-0.05, 0) is 23.6 Å². The molecule has 0 aliphatic rings. The molecule has 1 aromatic heterocycles. The van der Waals surface area contributed by atoms with E-state index in [-0.39, 0.29) is 4.90 Å². The monoisotopic (exact) mass is 296 g/mol. The first-order valence-electron chi connectivity index (χ1n) is 5.41. The van der Waals surface area contributed by atoms with Crippen molar-refractivity contribution in [1.29, 1.82) is 0 Å². The molecule has 0 radical (unpaired) electrons. The average molecular weight is 296 g/mol. The van der Waals surface area contributed by atoms with E-state index in [4.69, 9.17) is 5.73 Å². The Bertz CT molecular complexity index is 652. The first kappa shape index (κ1) is 13.7. The summed E-state index contributed by atoms with van der Waals surface area (Å²) in [5.74, 6) is -0.744. The van der Waals surface area contributed by atoms with Crippen molar-refractivity contribution in [2.24, 2.45) is 5.73 Å². The minimum atomic E-state index is -3.87. The maximum atomic E-state index is 11.9. The van der Waals surface area contributed by atoms with Gasteiger partial charge in [-0.1, -0.05) is 24.3 Å². The Balaban J connectivity index is 2.15. The molecule has 2 aromatic rings. The number of hydrogen-bond acceptors (Lipinski definition) is 5. The number of rotatable bonds is 4. The van der Waals surface area contributed by atoms with Gasteiger partial charge in [0.05, 0.1) is 4.90 Å². The Hall–Kier alpha value is -1.70. The fourth-order valence-electron chi connectivity index (χ4n) is 1.45. The summed E-state index contributed by atoms with van der Waals surface area (Å²) in [6.07, 6.45) is 0. The second kappa shape index (κ2) is 5.52. The van der Waals surface area contributed by atoms with Crippen molar-refractivity contribution in [3.63, 3.8) is 0 Å². The highest BCUT2D eigenvalue weighted by Crippen LogP contribution is 2.17. The third-order valence-electron chi connectivity index (χ3n) is 2.42. The molecule has 0 spiro atoms. The molecule has 0 saturated heterocycles. The van der Waals surface area contributed by atoms with Crippen molar-refractivity contribution in [2.45, 2.75) is 10.9 Å². The van der Waals surface area contributed by atoms with Gasteiger partial charge in [0, 0.05) is 4.88 Å². The van der Waals surface area contributed by atoms with Crippen LogP contribution in [-0.4, -0.2) is 14.3 Å². The molecule has 0 fully saturated rings.